The molecule has 0 spiro atoms. The molecular weight excluding hydrogens is 396 g/mol. The summed E-state index contributed by atoms with van der Waals surface area (Å²) in [4.78, 5) is 14.4. The molecule has 3 aromatic rings. The topological polar surface area (TPSA) is 108 Å². The summed E-state index contributed by atoms with van der Waals surface area (Å²) < 4.78 is 6.24. The first kappa shape index (κ1) is 18.5. The maximum Gasteiger partial charge on any atom is 0.252 e. The fourth-order valence-corrected chi connectivity index (χ4v) is 5.26. The predicted octanol–water partition coefficient (Wildman–Crippen LogP) is 4.89. The van der Waals surface area contributed by atoms with Crippen LogP contribution in [0.25, 0.3) is 16.4 Å². The van der Waals surface area contributed by atoms with E-state index in [-0.39, 0.29) is 11.0 Å². The van der Waals surface area contributed by atoms with E-state index in [1.165, 1.54) is 17.4 Å². The molecule has 1 aromatic carbocycles. The number of thiazole rings is 1. The summed E-state index contributed by atoms with van der Waals surface area (Å²) in [5, 5.41) is 21.4. The summed E-state index contributed by atoms with van der Waals surface area (Å²) in [6.07, 6.45) is 5.75. The summed E-state index contributed by atoms with van der Waals surface area (Å²) in [6.45, 7) is 3.93. The Balaban J connectivity index is 1.46. The first-order chi connectivity index (χ1) is 14.4. The third-order valence-corrected chi connectivity index (χ3v) is 6.56. The molecule has 0 atom stereocenters. The van der Waals surface area contributed by atoms with E-state index in [1.807, 2.05) is 32.0 Å². The van der Waals surface area contributed by atoms with E-state index in [4.69, 9.17) is 10.00 Å². The van der Waals surface area contributed by atoms with Gasteiger partial charge in [0.05, 0.1) is 23.1 Å². The Kier molecular flexibility index (Phi) is 4.02. The van der Waals surface area contributed by atoms with E-state index in [0.29, 0.717) is 17.3 Å². The van der Waals surface area contributed by atoms with Crippen molar-refractivity contribution in [3.05, 3.63) is 40.4 Å². The Morgan fingerprint density at radius 3 is 2.57 bits per heavy atom. The van der Waals surface area contributed by atoms with Gasteiger partial charge in [0.1, 0.15) is 5.75 Å². The van der Waals surface area contributed by atoms with Crippen molar-refractivity contribution in [1.29, 1.82) is 10.5 Å². The summed E-state index contributed by atoms with van der Waals surface area (Å²) in [6, 6.07) is 8.37. The maximum absolute atomic E-state index is 9.25. The number of benzene rings is 1. The number of nitrogens with zero attached hydrogens (tertiary/aromatic N) is 5. The van der Waals surface area contributed by atoms with Gasteiger partial charge in [-0.3, -0.25) is 0 Å². The monoisotopic (exact) mass is 414 g/mol. The van der Waals surface area contributed by atoms with Crippen LogP contribution in [0.15, 0.2) is 23.7 Å². The Morgan fingerprint density at radius 1 is 1.17 bits per heavy atom. The van der Waals surface area contributed by atoms with E-state index in [9.17, 15) is 5.26 Å². The van der Waals surface area contributed by atoms with Crippen molar-refractivity contribution >= 4 is 33.7 Å². The van der Waals surface area contributed by atoms with Gasteiger partial charge < -0.3 is 10.1 Å². The van der Waals surface area contributed by atoms with E-state index in [2.05, 4.69) is 26.3 Å². The number of fused-ring (bicyclic) bond motifs is 1. The van der Waals surface area contributed by atoms with Crippen molar-refractivity contribution in [1.82, 2.24) is 15.0 Å². The van der Waals surface area contributed by atoms with E-state index in [1.54, 1.807) is 11.6 Å². The molecule has 148 valence electrons. The van der Waals surface area contributed by atoms with Gasteiger partial charge in [0.25, 0.3) is 5.88 Å². The lowest BCUT2D eigenvalue weighted by molar-refractivity contribution is -0.0665. The Morgan fingerprint density at radius 2 is 1.90 bits per heavy atom. The smallest absolute Gasteiger partial charge is 0.252 e. The van der Waals surface area contributed by atoms with E-state index >= 15 is 0 Å². The molecule has 0 radical (unpaired) electrons. The zero-order valence-electron chi connectivity index (χ0n) is 16.6. The van der Waals surface area contributed by atoms with Gasteiger partial charge in [0, 0.05) is 11.6 Å². The van der Waals surface area contributed by atoms with Crippen LogP contribution in [0.3, 0.4) is 0 Å². The molecule has 2 bridgehead atoms. The van der Waals surface area contributed by atoms with Crippen molar-refractivity contribution in [2.75, 3.05) is 5.32 Å². The summed E-state index contributed by atoms with van der Waals surface area (Å²) in [5.74, 6) is 1.64. The quantitative estimate of drug-likeness (QED) is 0.592. The molecule has 0 saturated heterocycles. The first-order valence-electron chi connectivity index (χ1n) is 9.61. The number of rotatable bonds is 5. The number of hydrogen-bond donors (Lipinski definition) is 1. The third-order valence-electron chi connectivity index (χ3n) is 5.84. The lowest BCUT2D eigenvalue weighted by Gasteiger charge is -2.66. The van der Waals surface area contributed by atoms with Crippen LogP contribution in [-0.2, 0) is 0 Å². The van der Waals surface area contributed by atoms with Gasteiger partial charge in [-0.2, -0.15) is 20.5 Å². The average Bonchev–Trinajstić information content (AvgIpc) is 3.13. The van der Waals surface area contributed by atoms with Crippen LogP contribution < -0.4 is 10.1 Å². The summed E-state index contributed by atoms with van der Waals surface area (Å²) in [7, 11) is 0. The zero-order valence-corrected chi connectivity index (χ0v) is 17.4. The second kappa shape index (κ2) is 6.51. The highest BCUT2D eigenvalue weighted by Gasteiger charge is 2.69. The van der Waals surface area contributed by atoms with Crippen molar-refractivity contribution in [2.45, 2.75) is 38.6 Å². The molecule has 3 fully saturated rings. The second-order valence-electron chi connectivity index (χ2n) is 8.23. The largest absolute Gasteiger partial charge is 0.436 e. The Labute approximate surface area is 177 Å². The number of ether oxygens (including phenoxy) is 1. The van der Waals surface area contributed by atoms with Crippen molar-refractivity contribution < 1.29 is 4.74 Å². The van der Waals surface area contributed by atoms with Gasteiger partial charge in [0.2, 0.25) is 5.95 Å². The van der Waals surface area contributed by atoms with Crippen molar-refractivity contribution in [3.63, 3.8) is 0 Å². The molecule has 2 aromatic heterocycles. The van der Waals surface area contributed by atoms with Crippen molar-refractivity contribution in [2.24, 2.45) is 5.41 Å². The molecule has 6 rings (SSSR count). The number of aryl methyl sites for hydroxylation is 2. The molecule has 0 unspecified atom stereocenters. The van der Waals surface area contributed by atoms with Crippen LogP contribution in [0.2, 0.25) is 0 Å². The van der Waals surface area contributed by atoms with Crippen LogP contribution in [-0.4, -0.2) is 20.5 Å². The van der Waals surface area contributed by atoms with Crippen molar-refractivity contribution in [3.8, 4) is 23.8 Å². The molecule has 1 N–H and O–H groups in total. The average molecular weight is 414 g/mol. The SMILES string of the molecule is Cc1cc(/C=C/C#N)cc(C)c1Oc1nc(NC23CC(C#N)(C2)C3)nc2scnc12. The van der Waals surface area contributed by atoms with Crippen LogP contribution in [0.5, 0.6) is 11.6 Å². The molecular formula is C22H18N6OS. The number of nitriles is 2. The molecule has 3 aliphatic rings. The highest BCUT2D eigenvalue weighted by atomic mass is 32.1. The molecule has 3 aliphatic carbocycles. The summed E-state index contributed by atoms with van der Waals surface area (Å²) >= 11 is 1.44. The maximum atomic E-state index is 9.25. The number of hydrogen-bond acceptors (Lipinski definition) is 8. The minimum absolute atomic E-state index is 0.0636. The van der Waals surface area contributed by atoms with Crippen LogP contribution in [0, 0.1) is 41.9 Å². The van der Waals surface area contributed by atoms with Gasteiger partial charge in [-0.05, 0) is 68.0 Å². The van der Waals surface area contributed by atoms with Crippen LogP contribution in [0.4, 0.5) is 5.95 Å². The highest BCUT2D eigenvalue weighted by Crippen LogP contribution is 2.67. The normalized spacial score (nSPS) is 24.0. The van der Waals surface area contributed by atoms with Gasteiger partial charge in [0.15, 0.2) is 10.3 Å². The molecule has 7 nitrogen and oxygen atoms in total. The summed E-state index contributed by atoms with van der Waals surface area (Å²) in [5.41, 5.74) is 4.99. The zero-order chi connectivity index (χ0) is 20.9. The van der Waals surface area contributed by atoms with E-state index in [0.717, 1.165) is 46.5 Å². The molecule has 30 heavy (non-hydrogen) atoms. The van der Waals surface area contributed by atoms with Gasteiger partial charge in [-0.1, -0.05) is 0 Å². The predicted molar refractivity (Wildman–Crippen MR) is 114 cm³/mol. The second-order valence-corrected chi connectivity index (χ2v) is 9.07. The minimum Gasteiger partial charge on any atom is -0.436 e. The molecule has 2 heterocycles. The molecule has 3 saturated carbocycles. The lowest BCUT2D eigenvalue weighted by atomic mass is 9.40. The van der Waals surface area contributed by atoms with Gasteiger partial charge in [-0.25, -0.2) is 4.98 Å². The number of aromatic nitrogens is 3. The molecule has 0 amide bonds. The van der Waals surface area contributed by atoms with Gasteiger partial charge in [-0.15, -0.1) is 11.3 Å². The number of nitrogens with one attached hydrogen (secondary N) is 1. The molecule has 0 aliphatic heterocycles. The standard InChI is InChI=1S/C22H18N6OS/c1-13-6-15(4-3-5-23)7-14(2)17(13)29-18-16-19(30-12-25-16)27-20(26-18)28-22-8-21(9-22,10-22)11-24/h3-4,6-7,12H,8-10H2,1-2H3,(H,26,27,28)/b4-3+. The number of anilines is 1. The third kappa shape index (κ3) is 2.89. The van der Waals surface area contributed by atoms with Gasteiger partial charge >= 0.3 is 0 Å². The van der Waals surface area contributed by atoms with Crippen LogP contribution in [0.1, 0.15) is 36.0 Å². The Bertz CT molecular complexity index is 1250. The van der Waals surface area contributed by atoms with Crippen LogP contribution >= 0.6 is 11.3 Å². The minimum atomic E-state index is -0.142. The lowest BCUT2D eigenvalue weighted by Crippen LogP contribution is -2.70. The fourth-order valence-electron chi connectivity index (χ4n) is 4.61. The fraction of sp³-hybridized carbons (Fsp3) is 0.318. The highest BCUT2D eigenvalue weighted by molar-refractivity contribution is 7.16. The Hall–Kier alpha value is -3.49. The molecule has 8 heteroatoms. The first-order valence-corrected chi connectivity index (χ1v) is 10.5. The van der Waals surface area contributed by atoms with E-state index < -0.39 is 0 Å². The number of allylic oxidation sites excluding steroid dienone is 1.